The van der Waals surface area contributed by atoms with Crippen molar-refractivity contribution < 1.29 is 14.7 Å². The van der Waals surface area contributed by atoms with Crippen LogP contribution in [0.15, 0.2) is 22.8 Å². The Morgan fingerprint density at radius 1 is 1.53 bits per heavy atom. The minimum atomic E-state index is -1.23. The van der Waals surface area contributed by atoms with E-state index in [1.165, 1.54) is 0 Å². The van der Waals surface area contributed by atoms with E-state index in [1.807, 2.05) is 0 Å². The molecule has 0 aliphatic carbocycles. The second-order valence-corrected chi connectivity index (χ2v) is 4.06. The average molecular weight is 302 g/mol. The highest BCUT2D eigenvalue weighted by atomic mass is 79.9. The number of aromatic nitrogens is 1. The van der Waals surface area contributed by atoms with Gasteiger partial charge in [-0.3, -0.25) is 4.79 Å². The fourth-order valence-electron chi connectivity index (χ4n) is 1.19. The molecule has 0 radical (unpaired) electrons. The summed E-state index contributed by atoms with van der Waals surface area (Å²) in [6.45, 7) is 1.72. The minimum Gasteiger partial charge on any atom is -0.465 e. The minimum absolute atomic E-state index is 0.367. The van der Waals surface area contributed by atoms with Gasteiger partial charge in [0.2, 0.25) is 5.91 Å². The molecule has 1 aromatic rings. The van der Waals surface area contributed by atoms with Gasteiger partial charge in [0, 0.05) is 0 Å². The Morgan fingerprint density at radius 2 is 2.24 bits per heavy atom. The van der Waals surface area contributed by atoms with Crippen LogP contribution < -0.4 is 10.6 Å². The zero-order valence-corrected chi connectivity index (χ0v) is 10.7. The highest BCUT2D eigenvalue weighted by molar-refractivity contribution is 9.10. The van der Waals surface area contributed by atoms with Crippen LogP contribution in [0.1, 0.15) is 13.3 Å². The van der Waals surface area contributed by atoms with Crippen LogP contribution >= 0.6 is 15.9 Å². The summed E-state index contributed by atoms with van der Waals surface area (Å²) in [6, 6.07) is 4.28. The lowest BCUT2D eigenvalue weighted by Crippen LogP contribution is -2.42. The van der Waals surface area contributed by atoms with Crippen LogP contribution in [-0.2, 0) is 4.79 Å². The quantitative estimate of drug-likeness (QED) is 0.740. The maximum Gasteiger partial charge on any atom is 0.405 e. The van der Waals surface area contributed by atoms with Gasteiger partial charge in [-0.25, -0.2) is 9.78 Å². The lowest BCUT2D eigenvalue weighted by molar-refractivity contribution is -0.118. The molecule has 6 nitrogen and oxygen atoms in total. The Bertz CT molecular complexity index is 425. The van der Waals surface area contributed by atoms with Crippen LogP contribution in [0.3, 0.4) is 0 Å². The lowest BCUT2D eigenvalue weighted by Gasteiger charge is -2.14. The second-order valence-electron chi connectivity index (χ2n) is 3.25. The summed E-state index contributed by atoms with van der Waals surface area (Å²) in [5, 5.41) is 13.2. The molecule has 0 aromatic carbocycles. The zero-order chi connectivity index (χ0) is 12.8. The van der Waals surface area contributed by atoms with Crippen molar-refractivity contribution >= 4 is 33.7 Å². The monoisotopic (exact) mass is 301 g/mol. The molecule has 1 rings (SSSR count). The Kier molecular flexibility index (Phi) is 4.89. The van der Waals surface area contributed by atoms with E-state index in [-0.39, 0.29) is 0 Å². The lowest BCUT2D eigenvalue weighted by atomic mass is 10.2. The van der Waals surface area contributed by atoms with Crippen LogP contribution in [0.5, 0.6) is 0 Å². The molecule has 1 aromatic heterocycles. The molecule has 17 heavy (non-hydrogen) atoms. The number of rotatable bonds is 4. The van der Waals surface area contributed by atoms with Crippen LogP contribution in [-0.4, -0.2) is 28.1 Å². The molecule has 0 saturated heterocycles. The third-order valence-corrected chi connectivity index (χ3v) is 2.43. The van der Waals surface area contributed by atoms with Gasteiger partial charge in [0.25, 0.3) is 0 Å². The van der Waals surface area contributed by atoms with Crippen molar-refractivity contribution in [3.8, 4) is 0 Å². The van der Waals surface area contributed by atoms with Crippen molar-refractivity contribution in [2.45, 2.75) is 19.4 Å². The molecule has 0 spiro atoms. The zero-order valence-electron chi connectivity index (χ0n) is 9.11. The fourth-order valence-corrected chi connectivity index (χ4v) is 1.54. The summed E-state index contributed by atoms with van der Waals surface area (Å²) in [5.74, 6) is -0.0597. The molecule has 0 bridgehead atoms. The molecule has 1 unspecified atom stereocenters. The molecule has 3 N–H and O–H groups in total. The molecule has 7 heteroatoms. The smallest absolute Gasteiger partial charge is 0.405 e. The first-order valence-electron chi connectivity index (χ1n) is 4.95. The molecular formula is C10H12BrN3O3. The Balaban J connectivity index is 2.67. The van der Waals surface area contributed by atoms with Gasteiger partial charge in [-0.15, -0.1) is 0 Å². The number of carbonyl (C=O) groups excluding carboxylic acids is 1. The first-order valence-corrected chi connectivity index (χ1v) is 5.75. The number of amides is 2. The third kappa shape index (κ3) is 4.39. The SMILES string of the molecule is CCC(NC(=O)O)C(=O)Nc1cccc(Br)n1. The average Bonchev–Trinajstić information content (AvgIpc) is 2.25. The predicted octanol–water partition coefficient (Wildman–Crippen LogP) is 1.83. The van der Waals surface area contributed by atoms with E-state index in [9.17, 15) is 9.59 Å². The van der Waals surface area contributed by atoms with Gasteiger partial charge >= 0.3 is 6.09 Å². The van der Waals surface area contributed by atoms with E-state index in [4.69, 9.17) is 5.11 Å². The highest BCUT2D eigenvalue weighted by Crippen LogP contribution is 2.10. The first-order chi connectivity index (χ1) is 8.02. The van der Waals surface area contributed by atoms with Crippen molar-refractivity contribution in [2.24, 2.45) is 0 Å². The van der Waals surface area contributed by atoms with Gasteiger partial charge in [0.05, 0.1) is 0 Å². The van der Waals surface area contributed by atoms with Crippen molar-refractivity contribution in [1.29, 1.82) is 0 Å². The largest absolute Gasteiger partial charge is 0.465 e. The van der Waals surface area contributed by atoms with Crippen LogP contribution in [0.25, 0.3) is 0 Å². The van der Waals surface area contributed by atoms with Crippen LogP contribution in [0.2, 0.25) is 0 Å². The van der Waals surface area contributed by atoms with E-state index in [1.54, 1.807) is 25.1 Å². The maximum atomic E-state index is 11.7. The molecule has 92 valence electrons. The number of hydrogen-bond donors (Lipinski definition) is 3. The molecule has 0 saturated carbocycles. The predicted molar refractivity (Wildman–Crippen MR) is 65.8 cm³/mol. The Hall–Kier alpha value is -1.63. The molecule has 1 heterocycles. The summed E-state index contributed by atoms with van der Waals surface area (Å²) >= 11 is 3.17. The van der Waals surface area contributed by atoms with Crippen LogP contribution in [0.4, 0.5) is 10.6 Å². The van der Waals surface area contributed by atoms with Crippen molar-refractivity contribution in [3.05, 3.63) is 22.8 Å². The molecule has 0 fully saturated rings. The standard InChI is InChI=1S/C10H12BrN3O3/c1-2-6(12-10(16)17)9(15)14-8-5-3-4-7(11)13-8/h3-6,12H,2H2,1H3,(H,16,17)(H,13,14,15). The summed E-state index contributed by atoms with van der Waals surface area (Å²) in [6.07, 6.45) is -0.860. The normalized spacial score (nSPS) is 11.6. The molecule has 0 aliphatic heterocycles. The summed E-state index contributed by atoms with van der Waals surface area (Å²) < 4.78 is 0.592. The van der Waals surface area contributed by atoms with Crippen molar-refractivity contribution in [3.63, 3.8) is 0 Å². The number of carboxylic acid groups (broad SMARTS) is 1. The number of halogens is 1. The number of anilines is 1. The molecule has 2 amide bonds. The van der Waals surface area contributed by atoms with Gasteiger partial charge in [0.1, 0.15) is 16.5 Å². The number of hydrogen-bond acceptors (Lipinski definition) is 3. The van der Waals surface area contributed by atoms with Crippen molar-refractivity contribution in [1.82, 2.24) is 10.3 Å². The topological polar surface area (TPSA) is 91.3 Å². The number of nitrogens with one attached hydrogen (secondary N) is 2. The summed E-state index contributed by atoms with van der Waals surface area (Å²) in [5.41, 5.74) is 0. The Morgan fingerprint density at radius 3 is 2.76 bits per heavy atom. The second kappa shape index (κ2) is 6.19. The van der Waals surface area contributed by atoms with Gasteiger partial charge in [0.15, 0.2) is 0 Å². The van der Waals surface area contributed by atoms with Gasteiger partial charge < -0.3 is 15.7 Å². The summed E-state index contributed by atoms with van der Waals surface area (Å²) in [7, 11) is 0. The van der Waals surface area contributed by atoms with E-state index in [0.29, 0.717) is 16.8 Å². The molecular weight excluding hydrogens is 290 g/mol. The first kappa shape index (κ1) is 13.4. The van der Waals surface area contributed by atoms with E-state index in [2.05, 4.69) is 31.5 Å². The Labute approximate surface area is 107 Å². The summed E-state index contributed by atoms with van der Waals surface area (Å²) in [4.78, 5) is 26.2. The van der Waals surface area contributed by atoms with E-state index >= 15 is 0 Å². The maximum absolute atomic E-state index is 11.7. The van der Waals surface area contributed by atoms with E-state index < -0.39 is 18.0 Å². The molecule has 0 aliphatic rings. The highest BCUT2D eigenvalue weighted by Gasteiger charge is 2.18. The fraction of sp³-hybridized carbons (Fsp3) is 0.300. The van der Waals surface area contributed by atoms with E-state index in [0.717, 1.165) is 0 Å². The number of pyridine rings is 1. The van der Waals surface area contributed by atoms with Gasteiger partial charge in [-0.2, -0.15) is 0 Å². The number of nitrogens with zero attached hydrogens (tertiary/aromatic N) is 1. The number of carbonyl (C=O) groups is 2. The van der Waals surface area contributed by atoms with Gasteiger partial charge in [-0.05, 0) is 34.5 Å². The third-order valence-electron chi connectivity index (χ3n) is 1.99. The van der Waals surface area contributed by atoms with Crippen LogP contribution in [0, 0.1) is 0 Å². The van der Waals surface area contributed by atoms with Gasteiger partial charge in [-0.1, -0.05) is 13.0 Å². The molecule has 1 atom stereocenters. The van der Waals surface area contributed by atoms with Crippen molar-refractivity contribution in [2.75, 3.05) is 5.32 Å².